The SMILES string of the molecule is CCOc1c(OC)cc(/C=N\NC(=O)c2ccc(C)cc2)cc1OC. The van der Waals surface area contributed by atoms with E-state index in [1.807, 2.05) is 26.0 Å². The van der Waals surface area contributed by atoms with E-state index in [2.05, 4.69) is 10.5 Å². The van der Waals surface area contributed by atoms with E-state index in [9.17, 15) is 4.79 Å². The molecule has 0 aromatic heterocycles. The summed E-state index contributed by atoms with van der Waals surface area (Å²) in [7, 11) is 3.11. The first-order valence-corrected chi connectivity index (χ1v) is 7.88. The van der Waals surface area contributed by atoms with E-state index < -0.39 is 0 Å². The maximum Gasteiger partial charge on any atom is 0.271 e. The van der Waals surface area contributed by atoms with Gasteiger partial charge in [-0.1, -0.05) is 17.7 Å². The van der Waals surface area contributed by atoms with Gasteiger partial charge in [0, 0.05) is 11.1 Å². The van der Waals surface area contributed by atoms with E-state index in [-0.39, 0.29) is 5.91 Å². The topological polar surface area (TPSA) is 69.2 Å². The highest BCUT2D eigenvalue weighted by atomic mass is 16.5. The summed E-state index contributed by atoms with van der Waals surface area (Å²) in [6.45, 7) is 4.34. The van der Waals surface area contributed by atoms with Crippen LogP contribution in [0.15, 0.2) is 41.5 Å². The van der Waals surface area contributed by atoms with Crippen LogP contribution in [0.3, 0.4) is 0 Å². The fourth-order valence-corrected chi connectivity index (χ4v) is 2.20. The fraction of sp³-hybridized carbons (Fsp3) is 0.263. The lowest BCUT2D eigenvalue weighted by atomic mass is 10.1. The van der Waals surface area contributed by atoms with Crippen molar-refractivity contribution >= 4 is 12.1 Å². The number of benzene rings is 2. The number of nitrogens with zero attached hydrogens (tertiary/aromatic N) is 1. The Bertz CT molecular complexity index is 730. The zero-order valence-electron chi connectivity index (χ0n) is 14.8. The Morgan fingerprint density at radius 2 is 1.72 bits per heavy atom. The van der Waals surface area contributed by atoms with Crippen LogP contribution in [0.5, 0.6) is 17.2 Å². The first-order valence-electron chi connectivity index (χ1n) is 7.88. The number of rotatable bonds is 7. The van der Waals surface area contributed by atoms with Crippen molar-refractivity contribution in [1.29, 1.82) is 0 Å². The lowest BCUT2D eigenvalue weighted by Crippen LogP contribution is -2.17. The van der Waals surface area contributed by atoms with Gasteiger partial charge in [-0.2, -0.15) is 5.10 Å². The van der Waals surface area contributed by atoms with Crippen molar-refractivity contribution in [2.75, 3.05) is 20.8 Å². The number of nitrogens with one attached hydrogen (secondary N) is 1. The third kappa shape index (κ3) is 4.73. The van der Waals surface area contributed by atoms with E-state index in [0.29, 0.717) is 35.0 Å². The van der Waals surface area contributed by atoms with Crippen LogP contribution in [0.2, 0.25) is 0 Å². The largest absolute Gasteiger partial charge is 0.493 e. The minimum Gasteiger partial charge on any atom is -0.493 e. The van der Waals surface area contributed by atoms with E-state index >= 15 is 0 Å². The monoisotopic (exact) mass is 342 g/mol. The van der Waals surface area contributed by atoms with Gasteiger partial charge >= 0.3 is 0 Å². The first-order chi connectivity index (χ1) is 12.1. The van der Waals surface area contributed by atoms with Gasteiger partial charge in [-0.15, -0.1) is 0 Å². The van der Waals surface area contributed by atoms with Gasteiger partial charge in [-0.3, -0.25) is 4.79 Å². The zero-order chi connectivity index (χ0) is 18.2. The summed E-state index contributed by atoms with van der Waals surface area (Å²) in [6.07, 6.45) is 1.52. The molecule has 6 heteroatoms. The molecular formula is C19H22N2O4. The number of carbonyl (C=O) groups is 1. The summed E-state index contributed by atoms with van der Waals surface area (Å²) in [4.78, 5) is 12.0. The molecule has 0 spiro atoms. The van der Waals surface area contributed by atoms with Gasteiger partial charge in [0.2, 0.25) is 5.75 Å². The third-order valence-corrected chi connectivity index (χ3v) is 3.47. The summed E-state index contributed by atoms with van der Waals surface area (Å²) in [5.41, 5.74) is 4.85. The van der Waals surface area contributed by atoms with Gasteiger partial charge in [-0.25, -0.2) is 5.43 Å². The summed E-state index contributed by atoms with van der Waals surface area (Å²) in [6, 6.07) is 10.8. The average Bonchev–Trinajstić information content (AvgIpc) is 2.63. The van der Waals surface area contributed by atoms with Gasteiger partial charge in [-0.05, 0) is 38.1 Å². The highest BCUT2D eigenvalue weighted by molar-refractivity contribution is 5.95. The highest BCUT2D eigenvalue weighted by Gasteiger charge is 2.13. The maximum atomic E-state index is 12.0. The molecule has 0 bridgehead atoms. The predicted molar refractivity (Wildman–Crippen MR) is 97.0 cm³/mol. The molecule has 1 amide bonds. The molecule has 132 valence electrons. The molecule has 0 atom stereocenters. The number of hydrogen-bond donors (Lipinski definition) is 1. The van der Waals surface area contributed by atoms with Gasteiger partial charge in [0.1, 0.15) is 0 Å². The van der Waals surface area contributed by atoms with Gasteiger partial charge < -0.3 is 14.2 Å². The molecule has 1 N–H and O–H groups in total. The molecule has 0 aliphatic carbocycles. The second-order valence-electron chi connectivity index (χ2n) is 5.25. The number of carbonyl (C=O) groups excluding carboxylic acids is 1. The van der Waals surface area contributed by atoms with E-state index in [0.717, 1.165) is 5.56 Å². The lowest BCUT2D eigenvalue weighted by molar-refractivity contribution is 0.0955. The number of aryl methyl sites for hydroxylation is 1. The van der Waals surface area contributed by atoms with Crippen LogP contribution in [-0.2, 0) is 0 Å². The Kier molecular flexibility index (Phi) is 6.39. The van der Waals surface area contributed by atoms with Crippen LogP contribution < -0.4 is 19.6 Å². The van der Waals surface area contributed by atoms with Crippen molar-refractivity contribution in [3.8, 4) is 17.2 Å². The van der Waals surface area contributed by atoms with Crippen LogP contribution >= 0.6 is 0 Å². The Hall–Kier alpha value is -3.02. The van der Waals surface area contributed by atoms with Crippen molar-refractivity contribution in [3.05, 3.63) is 53.1 Å². The van der Waals surface area contributed by atoms with Crippen LogP contribution in [0.1, 0.15) is 28.4 Å². The quantitative estimate of drug-likeness (QED) is 0.620. The molecule has 6 nitrogen and oxygen atoms in total. The van der Waals surface area contributed by atoms with Crippen molar-refractivity contribution in [1.82, 2.24) is 5.43 Å². The van der Waals surface area contributed by atoms with Gasteiger partial charge in [0.15, 0.2) is 11.5 Å². The second-order valence-corrected chi connectivity index (χ2v) is 5.25. The summed E-state index contributed by atoms with van der Waals surface area (Å²) < 4.78 is 16.2. The Morgan fingerprint density at radius 1 is 1.12 bits per heavy atom. The predicted octanol–water partition coefficient (Wildman–Crippen LogP) is 3.17. The van der Waals surface area contributed by atoms with Crippen LogP contribution in [-0.4, -0.2) is 32.9 Å². The lowest BCUT2D eigenvalue weighted by Gasteiger charge is -2.14. The number of hydrogen-bond acceptors (Lipinski definition) is 5. The Labute approximate surface area is 147 Å². The molecule has 0 saturated heterocycles. The molecule has 2 aromatic carbocycles. The molecule has 0 saturated carbocycles. The number of amides is 1. The van der Waals surface area contributed by atoms with Crippen LogP contribution in [0.4, 0.5) is 0 Å². The molecule has 0 aliphatic heterocycles. The molecule has 25 heavy (non-hydrogen) atoms. The average molecular weight is 342 g/mol. The summed E-state index contributed by atoms with van der Waals surface area (Å²) >= 11 is 0. The highest BCUT2D eigenvalue weighted by Crippen LogP contribution is 2.38. The molecule has 2 rings (SSSR count). The normalized spacial score (nSPS) is 10.6. The molecule has 2 aromatic rings. The molecule has 0 heterocycles. The van der Waals surface area contributed by atoms with E-state index in [1.165, 1.54) is 6.21 Å². The van der Waals surface area contributed by atoms with Gasteiger partial charge in [0.05, 0.1) is 27.0 Å². The Balaban J connectivity index is 2.14. The molecule has 0 aliphatic rings. The Morgan fingerprint density at radius 3 is 2.24 bits per heavy atom. The van der Waals surface area contributed by atoms with Crippen molar-refractivity contribution < 1.29 is 19.0 Å². The first kappa shape index (κ1) is 18.3. The zero-order valence-corrected chi connectivity index (χ0v) is 14.8. The molecule has 0 unspecified atom stereocenters. The second kappa shape index (κ2) is 8.73. The molecular weight excluding hydrogens is 320 g/mol. The molecule has 0 fully saturated rings. The smallest absolute Gasteiger partial charge is 0.271 e. The number of ether oxygens (including phenoxy) is 3. The number of methoxy groups -OCH3 is 2. The van der Waals surface area contributed by atoms with Crippen LogP contribution in [0, 0.1) is 6.92 Å². The fourth-order valence-electron chi connectivity index (χ4n) is 2.20. The van der Waals surface area contributed by atoms with Crippen molar-refractivity contribution in [3.63, 3.8) is 0 Å². The standard InChI is InChI=1S/C19H22N2O4/c1-5-25-18-16(23-3)10-14(11-17(18)24-4)12-20-21-19(22)15-8-6-13(2)7-9-15/h6-12H,5H2,1-4H3,(H,21,22)/b20-12-. The summed E-state index contributed by atoms with van der Waals surface area (Å²) in [5.74, 6) is 1.33. The minimum atomic E-state index is -0.277. The maximum absolute atomic E-state index is 12.0. The van der Waals surface area contributed by atoms with E-state index in [4.69, 9.17) is 14.2 Å². The third-order valence-electron chi connectivity index (χ3n) is 3.47. The molecule has 0 radical (unpaired) electrons. The summed E-state index contributed by atoms with van der Waals surface area (Å²) in [5, 5.41) is 3.99. The minimum absolute atomic E-state index is 0.277. The number of hydrazone groups is 1. The van der Waals surface area contributed by atoms with Crippen molar-refractivity contribution in [2.45, 2.75) is 13.8 Å². The van der Waals surface area contributed by atoms with Gasteiger partial charge in [0.25, 0.3) is 5.91 Å². The van der Waals surface area contributed by atoms with E-state index in [1.54, 1.807) is 38.5 Å². The van der Waals surface area contributed by atoms with Crippen LogP contribution in [0.25, 0.3) is 0 Å². The van der Waals surface area contributed by atoms with Crippen molar-refractivity contribution in [2.24, 2.45) is 5.10 Å².